The molecule has 1 aromatic heterocycles. The molecule has 1 aromatic rings. The number of nitrogens with two attached hydrogens (primary N) is 1. The first-order valence-electron chi connectivity index (χ1n) is 6.91. The smallest absolute Gasteiger partial charge is 0.326 e. The summed E-state index contributed by atoms with van der Waals surface area (Å²) in [5, 5.41) is 11.4. The number of rotatable bonds is 5. The van der Waals surface area contributed by atoms with E-state index in [4.69, 9.17) is 10.8 Å². The van der Waals surface area contributed by atoms with Gasteiger partial charge in [-0.1, -0.05) is 6.42 Å². The molecule has 6 nitrogen and oxygen atoms in total. The van der Waals surface area contributed by atoms with E-state index in [0.29, 0.717) is 4.88 Å². The van der Waals surface area contributed by atoms with Gasteiger partial charge < -0.3 is 16.2 Å². The van der Waals surface area contributed by atoms with Crippen LogP contribution in [0.5, 0.6) is 0 Å². The van der Waals surface area contributed by atoms with Crippen molar-refractivity contribution < 1.29 is 19.5 Å². The molecule has 2 amide bonds. The number of carbonyl (C=O) groups is 3. The number of hydrogen-bond acceptors (Lipinski definition) is 4. The molecule has 0 saturated carbocycles. The van der Waals surface area contributed by atoms with Gasteiger partial charge in [0.25, 0.3) is 5.91 Å². The Kier molecular flexibility index (Phi) is 4.95. The molecular formula is C14H18N2O4S. The molecule has 0 fully saturated rings. The second-order valence-corrected chi connectivity index (χ2v) is 6.29. The molecule has 1 unspecified atom stereocenters. The van der Waals surface area contributed by atoms with Crippen LogP contribution < -0.4 is 11.1 Å². The summed E-state index contributed by atoms with van der Waals surface area (Å²) in [4.78, 5) is 35.7. The Balaban J connectivity index is 2.09. The van der Waals surface area contributed by atoms with E-state index >= 15 is 0 Å². The van der Waals surface area contributed by atoms with Crippen molar-refractivity contribution in [3.8, 4) is 0 Å². The van der Waals surface area contributed by atoms with Crippen LogP contribution in [0, 0.1) is 0 Å². The molecule has 1 heterocycles. The Bertz CT molecular complexity index is 544. The molecular weight excluding hydrogens is 292 g/mol. The van der Waals surface area contributed by atoms with Crippen molar-refractivity contribution in [1.29, 1.82) is 0 Å². The van der Waals surface area contributed by atoms with Crippen molar-refractivity contribution >= 4 is 29.1 Å². The Labute approximate surface area is 126 Å². The van der Waals surface area contributed by atoms with Gasteiger partial charge >= 0.3 is 5.97 Å². The summed E-state index contributed by atoms with van der Waals surface area (Å²) in [5.74, 6) is -2.48. The molecule has 0 spiro atoms. The third-order valence-electron chi connectivity index (χ3n) is 3.48. The van der Waals surface area contributed by atoms with Crippen LogP contribution in [0.2, 0.25) is 0 Å². The van der Waals surface area contributed by atoms with Crippen molar-refractivity contribution in [2.45, 2.75) is 44.6 Å². The first-order chi connectivity index (χ1) is 9.97. The van der Waals surface area contributed by atoms with Gasteiger partial charge in [0, 0.05) is 4.88 Å². The normalized spacial score (nSPS) is 15.6. The Morgan fingerprint density at radius 3 is 2.67 bits per heavy atom. The number of carboxylic acids is 1. The van der Waals surface area contributed by atoms with Crippen LogP contribution in [0.3, 0.4) is 0 Å². The van der Waals surface area contributed by atoms with Crippen LogP contribution in [0.25, 0.3) is 0 Å². The number of thiophene rings is 1. The van der Waals surface area contributed by atoms with E-state index in [9.17, 15) is 14.4 Å². The van der Waals surface area contributed by atoms with Crippen LogP contribution in [0.1, 0.15) is 45.8 Å². The zero-order chi connectivity index (χ0) is 15.4. The molecule has 0 aromatic carbocycles. The van der Waals surface area contributed by atoms with Gasteiger partial charge in [0.05, 0.1) is 11.3 Å². The average Bonchev–Trinajstić information content (AvgIpc) is 2.69. The molecule has 21 heavy (non-hydrogen) atoms. The van der Waals surface area contributed by atoms with Gasteiger partial charge in [0.2, 0.25) is 5.91 Å². The first-order valence-corrected chi connectivity index (χ1v) is 7.72. The number of amides is 2. The van der Waals surface area contributed by atoms with Crippen molar-refractivity contribution in [3.63, 3.8) is 0 Å². The summed E-state index contributed by atoms with van der Waals surface area (Å²) in [7, 11) is 0. The highest BCUT2D eigenvalue weighted by Gasteiger charge is 2.24. The van der Waals surface area contributed by atoms with E-state index in [1.54, 1.807) is 0 Å². The third-order valence-corrected chi connectivity index (χ3v) is 4.71. The zero-order valence-electron chi connectivity index (χ0n) is 11.6. The molecule has 2 rings (SSSR count). The van der Waals surface area contributed by atoms with E-state index in [1.165, 1.54) is 28.2 Å². The van der Waals surface area contributed by atoms with E-state index < -0.39 is 30.2 Å². The molecule has 1 aliphatic carbocycles. The van der Waals surface area contributed by atoms with Crippen molar-refractivity contribution in [2.75, 3.05) is 0 Å². The maximum atomic E-state index is 12.1. The minimum atomic E-state index is -1.28. The number of hydrogen-bond donors (Lipinski definition) is 3. The van der Waals surface area contributed by atoms with Gasteiger partial charge in [0.1, 0.15) is 6.04 Å². The Hall–Kier alpha value is -1.89. The fourth-order valence-electron chi connectivity index (χ4n) is 2.41. The van der Waals surface area contributed by atoms with Gasteiger partial charge in [-0.05, 0) is 37.3 Å². The van der Waals surface area contributed by atoms with Crippen molar-refractivity contribution in [2.24, 2.45) is 5.73 Å². The molecule has 0 aliphatic heterocycles. The molecule has 7 heteroatoms. The van der Waals surface area contributed by atoms with Crippen LogP contribution in [0.15, 0.2) is 6.07 Å². The average molecular weight is 310 g/mol. The highest BCUT2D eigenvalue weighted by molar-refractivity contribution is 7.14. The van der Waals surface area contributed by atoms with Gasteiger partial charge in [-0.15, -0.1) is 11.3 Å². The Morgan fingerprint density at radius 1 is 1.29 bits per heavy atom. The maximum absolute atomic E-state index is 12.1. The van der Waals surface area contributed by atoms with Gasteiger partial charge in [-0.25, -0.2) is 4.79 Å². The number of carboxylic acid groups (broad SMARTS) is 1. The molecule has 4 N–H and O–H groups in total. The standard InChI is InChI=1S/C14H18N2O4S/c15-12(17)7-9(14(19)20)16-13(18)11-6-8-4-2-1-3-5-10(8)21-11/h6,9H,1-5,7H2,(H2,15,17)(H,16,18)(H,19,20). The lowest BCUT2D eigenvalue weighted by Crippen LogP contribution is -2.43. The molecule has 114 valence electrons. The molecule has 1 aliphatic rings. The summed E-state index contributed by atoms with van der Waals surface area (Å²) < 4.78 is 0. The number of fused-ring (bicyclic) bond motifs is 1. The highest BCUT2D eigenvalue weighted by atomic mass is 32.1. The third kappa shape index (κ3) is 4.04. The summed E-state index contributed by atoms with van der Waals surface area (Å²) in [6.45, 7) is 0. The Morgan fingerprint density at radius 2 is 2.00 bits per heavy atom. The maximum Gasteiger partial charge on any atom is 0.326 e. The molecule has 0 saturated heterocycles. The minimum Gasteiger partial charge on any atom is -0.480 e. The largest absolute Gasteiger partial charge is 0.480 e. The molecule has 0 bridgehead atoms. The highest BCUT2D eigenvalue weighted by Crippen LogP contribution is 2.28. The zero-order valence-corrected chi connectivity index (χ0v) is 12.4. The summed E-state index contributed by atoms with van der Waals surface area (Å²) in [6.07, 6.45) is 4.95. The fourth-order valence-corrected chi connectivity index (χ4v) is 3.57. The lowest BCUT2D eigenvalue weighted by atomic mass is 10.1. The second-order valence-electron chi connectivity index (χ2n) is 5.15. The number of aryl methyl sites for hydroxylation is 2. The summed E-state index contributed by atoms with van der Waals surface area (Å²) in [5.41, 5.74) is 6.18. The molecule has 0 radical (unpaired) electrons. The topological polar surface area (TPSA) is 109 Å². The van der Waals surface area contributed by atoms with Crippen LogP contribution in [0.4, 0.5) is 0 Å². The monoisotopic (exact) mass is 310 g/mol. The van der Waals surface area contributed by atoms with Crippen LogP contribution >= 0.6 is 11.3 Å². The quantitative estimate of drug-likeness (QED) is 0.707. The SMILES string of the molecule is NC(=O)CC(NC(=O)c1cc2c(s1)CCCCC2)C(=O)O. The van der Waals surface area contributed by atoms with Crippen LogP contribution in [-0.4, -0.2) is 28.9 Å². The first kappa shape index (κ1) is 15.5. The summed E-state index contributed by atoms with van der Waals surface area (Å²) in [6, 6.07) is 0.556. The lowest BCUT2D eigenvalue weighted by Gasteiger charge is -2.11. The van der Waals surface area contributed by atoms with E-state index in [0.717, 1.165) is 25.7 Å². The van der Waals surface area contributed by atoms with Gasteiger partial charge in [-0.2, -0.15) is 0 Å². The number of primary amides is 1. The second kappa shape index (κ2) is 6.71. The van der Waals surface area contributed by atoms with Gasteiger partial charge in [-0.3, -0.25) is 9.59 Å². The lowest BCUT2D eigenvalue weighted by molar-refractivity contribution is -0.140. The number of carbonyl (C=O) groups excluding carboxylic acids is 2. The van der Waals surface area contributed by atoms with E-state index in [1.807, 2.05) is 6.07 Å². The predicted octanol–water partition coefficient (Wildman–Crippen LogP) is 1.08. The van der Waals surface area contributed by atoms with Crippen molar-refractivity contribution in [1.82, 2.24) is 5.32 Å². The van der Waals surface area contributed by atoms with E-state index in [-0.39, 0.29) is 0 Å². The minimum absolute atomic E-state index is 0.411. The predicted molar refractivity (Wildman–Crippen MR) is 78.3 cm³/mol. The summed E-state index contributed by atoms with van der Waals surface area (Å²) >= 11 is 1.41. The molecule has 1 atom stereocenters. The van der Waals surface area contributed by atoms with Gasteiger partial charge in [0.15, 0.2) is 0 Å². The number of nitrogens with one attached hydrogen (secondary N) is 1. The fraction of sp³-hybridized carbons (Fsp3) is 0.500. The number of aliphatic carboxylic acids is 1. The van der Waals surface area contributed by atoms with Crippen molar-refractivity contribution in [3.05, 3.63) is 21.4 Å². The van der Waals surface area contributed by atoms with E-state index in [2.05, 4.69) is 5.32 Å². The van der Waals surface area contributed by atoms with Crippen LogP contribution in [-0.2, 0) is 22.4 Å².